The number of aromatic nitrogens is 3. The zero-order valence-corrected chi connectivity index (χ0v) is 16.2. The van der Waals surface area contributed by atoms with E-state index in [-0.39, 0.29) is 6.54 Å². The Kier molecular flexibility index (Phi) is 5.69. The molecular formula is C20H17F3N4O4. The standard InChI is InChI=1S/C20H17F3N4O4/c1-25-18(30)16(17(24)27(19(25)31)9-12-5-3-2-4-6-12)14(28)11-26-10-13(20(21,22)23)7-8-15(26)29/h2-8,10H,9,11,24H2,1H3. The van der Waals surface area contributed by atoms with Gasteiger partial charge in [0.2, 0.25) is 0 Å². The molecule has 0 spiro atoms. The van der Waals surface area contributed by atoms with Crippen molar-refractivity contribution in [2.75, 3.05) is 5.73 Å². The lowest BCUT2D eigenvalue weighted by Crippen LogP contribution is -2.43. The molecule has 0 saturated carbocycles. The predicted molar refractivity (Wildman–Crippen MR) is 106 cm³/mol. The first kappa shape index (κ1) is 21.8. The molecule has 0 unspecified atom stereocenters. The number of alkyl halides is 3. The van der Waals surface area contributed by atoms with Gasteiger partial charge in [-0.25, -0.2) is 4.79 Å². The summed E-state index contributed by atoms with van der Waals surface area (Å²) >= 11 is 0. The van der Waals surface area contributed by atoms with E-state index in [4.69, 9.17) is 5.73 Å². The number of hydrogen-bond donors (Lipinski definition) is 1. The van der Waals surface area contributed by atoms with E-state index in [0.29, 0.717) is 33.0 Å². The molecule has 162 valence electrons. The first-order valence-electron chi connectivity index (χ1n) is 8.95. The molecule has 11 heteroatoms. The summed E-state index contributed by atoms with van der Waals surface area (Å²) in [6.45, 7) is -0.894. The second kappa shape index (κ2) is 8.09. The van der Waals surface area contributed by atoms with Crippen molar-refractivity contribution in [1.82, 2.24) is 13.7 Å². The third-order valence-corrected chi connectivity index (χ3v) is 4.67. The maximum Gasteiger partial charge on any atom is 0.417 e. The van der Waals surface area contributed by atoms with Crippen molar-refractivity contribution in [1.29, 1.82) is 0 Å². The van der Waals surface area contributed by atoms with Crippen LogP contribution in [0.25, 0.3) is 0 Å². The SMILES string of the molecule is Cn1c(=O)c(C(=O)Cn2cc(C(F)(F)F)ccc2=O)c(N)n(Cc2ccccc2)c1=O. The van der Waals surface area contributed by atoms with E-state index < -0.39 is 52.3 Å². The number of nitrogens with zero attached hydrogens (tertiary/aromatic N) is 3. The Morgan fingerprint density at radius 2 is 1.68 bits per heavy atom. The van der Waals surface area contributed by atoms with Gasteiger partial charge in [-0.05, 0) is 11.6 Å². The number of nitrogens with two attached hydrogens (primary N) is 1. The second-order valence-corrected chi connectivity index (χ2v) is 6.78. The van der Waals surface area contributed by atoms with Crippen LogP contribution >= 0.6 is 0 Å². The van der Waals surface area contributed by atoms with Gasteiger partial charge >= 0.3 is 11.9 Å². The third kappa shape index (κ3) is 4.34. The van der Waals surface area contributed by atoms with Crippen LogP contribution in [0.4, 0.5) is 19.0 Å². The average molecular weight is 434 g/mol. The van der Waals surface area contributed by atoms with Gasteiger partial charge in [0.25, 0.3) is 11.1 Å². The molecule has 2 heterocycles. The van der Waals surface area contributed by atoms with Crippen LogP contribution in [-0.2, 0) is 26.3 Å². The maximum absolute atomic E-state index is 12.9. The van der Waals surface area contributed by atoms with E-state index in [1.54, 1.807) is 30.3 Å². The second-order valence-electron chi connectivity index (χ2n) is 6.78. The number of anilines is 1. The molecule has 0 radical (unpaired) electrons. The van der Waals surface area contributed by atoms with Gasteiger partial charge in [-0.2, -0.15) is 13.2 Å². The summed E-state index contributed by atoms with van der Waals surface area (Å²) in [5.41, 5.74) is 2.28. The molecule has 2 N–H and O–H groups in total. The number of ketones is 1. The smallest absolute Gasteiger partial charge is 0.384 e. The Morgan fingerprint density at radius 1 is 1.03 bits per heavy atom. The number of halogens is 3. The highest BCUT2D eigenvalue weighted by Gasteiger charge is 2.31. The Labute approximate surface area is 172 Å². The van der Waals surface area contributed by atoms with Crippen molar-refractivity contribution >= 4 is 11.6 Å². The number of rotatable bonds is 5. The van der Waals surface area contributed by atoms with Crippen LogP contribution in [0, 0.1) is 0 Å². The molecule has 3 aromatic rings. The van der Waals surface area contributed by atoms with Crippen LogP contribution in [0.3, 0.4) is 0 Å². The molecule has 31 heavy (non-hydrogen) atoms. The van der Waals surface area contributed by atoms with Crippen molar-refractivity contribution in [3.63, 3.8) is 0 Å². The van der Waals surface area contributed by atoms with Crippen LogP contribution in [0.15, 0.2) is 63.0 Å². The first-order valence-corrected chi connectivity index (χ1v) is 8.95. The summed E-state index contributed by atoms with van der Waals surface area (Å²) < 4.78 is 41.0. The largest absolute Gasteiger partial charge is 0.417 e. The van der Waals surface area contributed by atoms with E-state index in [1.165, 1.54) is 0 Å². The Morgan fingerprint density at radius 3 is 2.29 bits per heavy atom. The summed E-state index contributed by atoms with van der Waals surface area (Å²) in [4.78, 5) is 49.8. The molecule has 8 nitrogen and oxygen atoms in total. The lowest BCUT2D eigenvalue weighted by molar-refractivity contribution is -0.138. The van der Waals surface area contributed by atoms with Crippen molar-refractivity contribution in [3.05, 3.63) is 96.5 Å². The van der Waals surface area contributed by atoms with Crippen LogP contribution in [0.5, 0.6) is 0 Å². The average Bonchev–Trinajstić information content (AvgIpc) is 2.71. The minimum absolute atomic E-state index is 0.0383. The van der Waals surface area contributed by atoms with Gasteiger partial charge < -0.3 is 10.3 Å². The lowest BCUT2D eigenvalue weighted by Gasteiger charge is -2.15. The molecule has 0 aliphatic rings. The number of carbonyl (C=O) groups excluding carboxylic acids is 1. The number of hydrogen-bond acceptors (Lipinski definition) is 5. The van der Waals surface area contributed by atoms with E-state index in [0.717, 1.165) is 11.6 Å². The molecule has 0 aliphatic carbocycles. The summed E-state index contributed by atoms with van der Waals surface area (Å²) in [7, 11) is 1.15. The maximum atomic E-state index is 12.9. The number of nitrogen functional groups attached to an aromatic ring is 1. The van der Waals surface area contributed by atoms with Gasteiger partial charge in [0.1, 0.15) is 11.4 Å². The van der Waals surface area contributed by atoms with Crippen LogP contribution in [0.2, 0.25) is 0 Å². The number of pyridine rings is 1. The molecular weight excluding hydrogens is 417 g/mol. The summed E-state index contributed by atoms with van der Waals surface area (Å²) in [6.07, 6.45) is -4.24. The minimum Gasteiger partial charge on any atom is -0.384 e. The normalized spacial score (nSPS) is 11.5. The Bertz CT molecular complexity index is 1320. The molecule has 0 fully saturated rings. The third-order valence-electron chi connectivity index (χ3n) is 4.67. The zero-order valence-electron chi connectivity index (χ0n) is 16.2. The number of carbonyl (C=O) groups is 1. The lowest BCUT2D eigenvalue weighted by atomic mass is 10.1. The van der Waals surface area contributed by atoms with Gasteiger partial charge in [-0.1, -0.05) is 30.3 Å². The van der Waals surface area contributed by atoms with Crippen LogP contribution in [0.1, 0.15) is 21.5 Å². The van der Waals surface area contributed by atoms with Gasteiger partial charge in [-0.3, -0.25) is 23.5 Å². The van der Waals surface area contributed by atoms with Crippen molar-refractivity contribution in [2.45, 2.75) is 19.3 Å². The molecule has 2 aromatic heterocycles. The zero-order chi connectivity index (χ0) is 22.9. The van der Waals surface area contributed by atoms with Crippen molar-refractivity contribution in [2.24, 2.45) is 7.05 Å². The Balaban J connectivity index is 2.07. The van der Waals surface area contributed by atoms with Gasteiger partial charge in [-0.15, -0.1) is 0 Å². The fourth-order valence-electron chi connectivity index (χ4n) is 3.02. The summed E-state index contributed by atoms with van der Waals surface area (Å²) in [5.74, 6) is -1.43. The highest BCUT2D eigenvalue weighted by molar-refractivity contribution is 5.99. The molecule has 0 bridgehead atoms. The highest BCUT2D eigenvalue weighted by Crippen LogP contribution is 2.28. The molecule has 1 aromatic carbocycles. The van der Waals surface area contributed by atoms with Crippen molar-refractivity contribution in [3.8, 4) is 0 Å². The van der Waals surface area contributed by atoms with Crippen molar-refractivity contribution < 1.29 is 18.0 Å². The molecule has 0 amide bonds. The molecule has 0 aliphatic heterocycles. The van der Waals surface area contributed by atoms with E-state index in [9.17, 15) is 32.3 Å². The number of Topliss-reactive ketones (excluding diaryl/α,β-unsaturated/α-hetero) is 1. The van der Waals surface area contributed by atoms with E-state index >= 15 is 0 Å². The number of benzene rings is 1. The fourth-order valence-corrected chi connectivity index (χ4v) is 3.02. The molecule has 3 rings (SSSR count). The van der Waals surface area contributed by atoms with Crippen LogP contribution in [-0.4, -0.2) is 19.5 Å². The van der Waals surface area contributed by atoms with Gasteiger partial charge in [0.15, 0.2) is 5.78 Å². The summed E-state index contributed by atoms with van der Waals surface area (Å²) in [5, 5.41) is 0. The van der Waals surface area contributed by atoms with E-state index in [2.05, 4.69) is 0 Å². The highest BCUT2D eigenvalue weighted by atomic mass is 19.4. The topological polar surface area (TPSA) is 109 Å². The quantitative estimate of drug-likeness (QED) is 0.608. The Hall–Kier alpha value is -3.89. The monoisotopic (exact) mass is 434 g/mol. The van der Waals surface area contributed by atoms with Gasteiger partial charge in [0.05, 0.1) is 18.7 Å². The summed E-state index contributed by atoms with van der Waals surface area (Å²) in [6, 6.07) is 9.90. The molecule has 0 saturated heterocycles. The molecule has 0 atom stereocenters. The fraction of sp³-hybridized carbons (Fsp3) is 0.200. The van der Waals surface area contributed by atoms with Crippen LogP contribution < -0.4 is 22.5 Å². The van der Waals surface area contributed by atoms with E-state index in [1.807, 2.05) is 0 Å². The first-order chi connectivity index (χ1) is 14.5. The minimum atomic E-state index is -4.73. The van der Waals surface area contributed by atoms with Gasteiger partial charge in [0, 0.05) is 19.3 Å². The predicted octanol–water partition coefficient (Wildman–Crippen LogP) is 1.24.